The molecule has 0 spiro atoms. The average Bonchev–Trinajstić information content (AvgIpc) is 2.77. The maximum absolute atomic E-state index is 13.2. The minimum Gasteiger partial charge on any atom is -0.493 e. The summed E-state index contributed by atoms with van der Waals surface area (Å²) < 4.78 is 16.1. The number of methoxy groups -OCH3 is 3. The molecule has 0 aliphatic heterocycles. The van der Waals surface area contributed by atoms with Crippen LogP contribution in [0.15, 0.2) is 66.9 Å². The Morgan fingerprint density at radius 2 is 1.59 bits per heavy atom. The van der Waals surface area contributed by atoms with E-state index in [1.807, 2.05) is 48.5 Å². The lowest BCUT2D eigenvalue weighted by molar-refractivity contribution is -0.117. The molecule has 2 aromatic carbocycles. The van der Waals surface area contributed by atoms with Crippen molar-refractivity contribution in [3.05, 3.63) is 78.1 Å². The number of pyridine rings is 1. The standard InChI is InChI=1S/C23H24N2O4/c1-27-20-14-18(15-21(28-2)22(20)29-3)25-23(26)19(16-9-5-4-6-10-16)13-17-11-7-8-12-24-17/h4-12,14-15,19H,13H2,1-3H3,(H,25,26). The summed E-state index contributed by atoms with van der Waals surface area (Å²) in [5.41, 5.74) is 2.33. The van der Waals surface area contributed by atoms with E-state index in [2.05, 4.69) is 10.3 Å². The van der Waals surface area contributed by atoms with Crippen LogP contribution in [0.25, 0.3) is 0 Å². The second kappa shape index (κ2) is 9.59. The van der Waals surface area contributed by atoms with Crippen molar-refractivity contribution in [2.24, 2.45) is 0 Å². The van der Waals surface area contributed by atoms with Crippen molar-refractivity contribution < 1.29 is 19.0 Å². The molecule has 0 saturated heterocycles. The summed E-state index contributed by atoms with van der Waals surface area (Å²) in [6.45, 7) is 0. The van der Waals surface area contributed by atoms with E-state index in [4.69, 9.17) is 14.2 Å². The Bertz CT molecular complexity index is 921. The molecule has 0 radical (unpaired) electrons. The van der Waals surface area contributed by atoms with Gasteiger partial charge >= 0.3 is 0 Å². The summed E-state index contributed by atoms with van der Waals surface area (Å²) >= 11 is 0. The summed E-state index contributed by atoms with van der Waals surface area (Å²) in [5, 5.41) is 2.98. The Hall–Kier alpha value is -3.54. The number of aromatic nitrogens is 1. The van der Waals surface area contributed by atoms with Crippen LogP contribution in [0.3, 0.4) is 0 Å². The molecule has 150 valence electrons. The molecule has 29 heavy (non-hydrogen) atoms. The van der Waals surface area contributed by atoms with Crippen LogP contribution in [-0.2, 0) is 11.2 Å². The molecule has 1 amide bonds. The molecule has 0 saturated carbocycles. The van der Waals surface area contributed by atoms with Crippen molar-refractivity contribution in [2.75, 3.05) is 26.6 Å². The van der Waals surface area contributed by atoms with Gasteiger partial charge in [-0.05, 0) is 17.7 Å². The molecule has 0 aliphatic carbocycles. The summed E-state index contributed by atoms with van der Waals surface area (Å²) in [6, 6.07) is 18.8. The zero-order valence-corrected chi connectivity index (χ0v) is 16.7. The number of hydrogen-bond acceptors (Lipinski definition) is 5. The quantitative estimate of drug-likeness (QED) is 0.626. The Kier molecular flexibility index (Phi) is 6.68. The number of hydrogen-bond donors (Lipinski definition) is 1. The lowest BCUT2D eigenvalue weighted by atomic mass is 9.93. The van der Waals surface area contributed by atoms with E-state index in [9.17, 15) is 4.79 Å². The topological polar surface area (TPSA) is 69.7 Å². The van der Waals surface area contributed by atoms with Crippen molar-refractivity contribution in [2.45, 2.75) is 12.3 Å². The first-order chi connectivity index (χ1) is 14.2. The lowest BCUT2D eigenvalue weighted by Crippen LogP contribution is -2.23. The van der Waals surface area contributed by atoms with Gasteiger partial charge in [-0.2, -0.15) is 0 Å². The number of ether oxygens (including phenoxy) is 3. The van der Waals surface area contributed by atoms with Gasteiger partial charge in [-0.25, -0.2) is 0 Å². The normalized spacial score (nSPS) is 11.4. The Labute approximate surface area is 170 Å². The average molecular weight is 392 g/mol. The van der Waals surface area contributed by atoms with E-state index in [0.717, 1.165) is 11.3 Å². The highest BCUT2D eigenvalue weighted by molar-refractivity contribution is 5.96. The van der Waals surface area contributed by atoms with Gasteiger partial charge in [-0.1, -0.05) is 36.4 Å². The second-order valence-electron chi connectivity index (χ2n) is 6.39. The van der Waals surface area contributed by atoms with Crippen LogP contribution in [0, 0.1) is 0 Å². The monoisotopic (exact) mass is 392 g/mol. The van der Waals surface area contributed by atoms with Gasteiger partial charge in [-0.3, -0.25) is 9.78 Å². The first-order valence-corrected chi connectivity index (χ1v) is 9.22. The SMILES string of the molecule is COc1cc(NC(=O)C(Cc2ccccn2)c2ccccc2)cc(OC)c1OC. The molecule has 1 unspecified atom stereocenters. The third-order valence-corrected chi connectivity index (χ3v) is 4.59. The molecule has 1 heterocycles. The molecule has 3 rings (SSSR count). The Morgan fingerprint density at radius 3 is 2.14 bits per heavy atom. The zero-order chi connectivity index (χ0) is 20.6. The van der Waals surface area contributed by atoms with Crippen molar-refractivity contribution in [1.82, 2.24) is 4.98 Å². The van der Waals surface area contributed by atoms with Gasteiger partial charge in [0.2, 0.25) is 11.7 Å². The fourth-order valence-corrected chi connectivity index (χ4v) is 3.16. The maximum atomic E-state index is 13.2. The highest BCUT2D eigenvalue weighted by Gasteiger charge is 2.23. The molecule has 6 heteroatoms. The Morgan fingerprint density at radius 1 is 0.931 bits per heavy atom. The molecule has 0 bridgehead atoms. The third kappa shape index (κ3) is 4.85. The van der Waals surface area contributed by atoms with Gasteiger partial charge in [0.1, 0.15) is 0 Å². The number of nitrogens with zero attached hydrogens (tertiary/aromatic N) is 1. The van der Waals surface area contributed by atoms with Crippen LogP contribution in [0.4, 0.5) is 5.69 Å². The van der Waals surface area contributed by atoms with Crippen molar-refractivity contribution >= 4 is 11.6 Å². The van der Waals surface area contributed by atoms with E-state index < -0.39 is 5.92 Å². The van der Waals surface area contributed by atoms with Crippen LogP contribution >= 0.6 is 0 Å². The van der Waals surface area contributed by atoms with Crippen molar-refractivity contribution in [1.29, 1.82) is 0 Å². The highest BCUT2D eigenvalue weighted by atomic mass is 16.5. The van der Waals surface area contributed by atoms with Crippen LogP contribution in [0.5, 0.6) is 17.2 Å². The largest absolute Gasteiger partial charge is 0.493 e. The molecule has 0 aliphatic rings. The van der Waals surface area contributed by atoms with Crippen molar-refractivity contribution in [3.63, 3.8) is 0 Å². The minimum atomic E-state index is -0.398. The minimum absolute atomic E-state index is 0.142. The number of rotatable bonds is 8. The van der Waals surface area contributed by atoms with Gasteiger partial charge < -0.3 is 19.5 Å². The summed E-state index contributed by atoms with van der Waals surface area (Å²) in [4.78, 5) is 17.6. The zero-order valence-electron chi connectivity index (χ0n) is 16.7. The molecular weight excluding hydrogens is 368 g/mol. The molecule has 1 aromatic heterocycles. The highest BCUT2D eigenvalue weighted by Crippen LogP contribution is 2.40. The number of amides is 1. The summed E-state index contributed by atoms with van der Waals surface area (Å²) in [5.74, 6) is 0.883. The number of anilines is 1. The predicted molar refractivity (Wildman–Crippen MR) is 112 cm³/mol. The van der Waals surface area contributed by atoms with Crippen LogP contribution < -0.4 is 19.5 Å². The predicted octanol–water partition coefficient (Wildman–Crippen LogP) is 4.07. The van der Waals surface area contributed by atoms with Crippen LogP contribution in [-0.4, -0.2) is 32.2 Å². The summed E-state index contributed by atoms with van der Waals surface area (Å²) in [6.07, 6.45) is 2.22. The number of carbonyl (C=O) groups excluding carboxylic acids is 1. The third-order valence-electron chi connectivity index (χ3n) is 4.59. The molecule has 0 fully saturated rings. The van der Waals surface area contributed by atoms with Gasteiger partial charge in [0, 0.05) is 36.1 Å². The molecule has 1 N–H and O–H groups in total. The smallest absolute Gasteiger partial charge is 0.232 e. The van der Waals surface area contributed by atoms with E-state index in [1.54, 1.807) is 18.3 Å². The number of benzene rings is 2. The molecular formula is C23H24N2O4. The van der Waals surface area contributed by atoms with Gasteiger partial charge in [-0.15, -0.1) is 0 Å². The van der Waals surface area contributed by atoms with Crippen molar-refractivity contribution in [3.8, 4) is 17.2 Å². The van der Waals surface area contributed by atoms with E-state index in [0.29, 0.717) is 29.4 Å². The van der Waals surface area contributed by atoms with Crippen LogP contribution in [0.2, 0.25) is 0 Å². The number of nitrogens with one attached hydrogen (secondary N) is 1. The molecule has 1 atom stereocenters. The molecule has 3 aromatic rings. The lowest BCUT2D eigenvalue weighted by Gasteiger charge is -2.19. The first kappa shape index (κ1) is 20.2. The first-order valence-electron chi connectivity index (χ1n) is 9.22. The molecule has 6 nitrogen and oxygen atoms in total. The van der Waals surface area contributed by atoms with Crippen LogP contribution in [0.1, 0.15) is 17.2 Å². The van der Waals surface area contributed by atoms with Gasteiger partial charge in [0.15, 0.2) is 11.5 Å². The Balaban J connectivity index is 1.90. The summed E-state index contributed by atoms with van der Waals surface area (Å²) in [7, 11) is 4.62. The number of carbonyl (C=O) groups is 1. The van der Waals surface area contributed by atoms with E-state index in [-0.39, 0.29) is 5.91 Å². The van der Waals surface area contributed by atoms with E-state index in [1.165, 1.54) is 21.3 Å². The second-order valence-corrected chi connectivity index (χ2v) is 6.39. The van der Waals surface area contributed by atoms with Gasteiger partial charge in [0.25, 0.3) is 0 Å². The van der Waals surface area contributed by atoms with E-state index >= 15 is 0 Å². The maximum Gasteiger partial charge on any atom is 0.232 e. The van der Waals surface area contributed by atoms with Gasteiger partial charge in [0.05, 0.1) is 27.2 Å². The fraction of sp³-hybridized carbons (Fsp3) is 0.217. The fourth-order valence-electron chi connectivity index (χ4n) is 3.16.